The van der Waals surface area contributed by atoms with Crippen LogP contribution in [0.2, 0.25) is 5.02 Å². The number of hydrogen-bond acceptors (Lipinski definition) is 7. The first-order valence-electron chi connectivity index (χ1n) is 10.7. The van der Waals surface area contributed by atoms with Crippen LogP contribution in [0.1, 0.15) is 30.1 Å². The Morgan fingerprint density at radius 2 is 1.66 bits per heavy atom. The third kappa shape index (κ3) is 3.76. The molecule has 0 bridgehead atoms. The highest BCUT2D eigenvalue weighted by Crippen LogP contribution is 2.42. The molecule has 3 aromatic rings. The normalized spacial score (nSPS) is 16.2. The smallest absolute Gasteiger partial charge is 0.162 e. The highest BCUT2D eigenvalue weighted by atomic mass is 35.5. The molecule has 2 aliphatic rings. The van der Waals surface area contributed by atoms with Crippen molar-refractivity contribution in [2.24, 2.45) is 0 Å². The van der Waals surface area contributed by atoms with Gasteiger partial charge in [0.2, 0.25) is 0 Å². The van der Waals surface area contributed by atoms with Crippen molar-refractivity contribution in [2.75, 3.05) is 50.2 Å². The van der Waals surface area contributed by atoms with Crippen LogP contribution in [0.15, 0.2) is 30.3 Å². The second kappa shape index (κ2) is 8.36. The van der Waals surface area contributed by atoms with Crippen LogP contribution < -0.4 is 19.3 Å². The summed E-state index contributed by atoms with van der Waals surface area (Å²) >= 11 is 6.44. The summed E-state index contributed by atoms with van der Waals surface area (Å²) in [4.78, 5) is 14.4. The standard InChI is InChI=1S/C24H24ClN5O2/c1-31-21-12-17-19(13-22(21)32-2)27-23(16-4-5-16)28-24(17)30-9-7-29(8-10-30)20-6-3-15(14-26)11-18(20)25/h3,6,11-13,16H,4-5,7-10H2,1-2H3. The SMILES string of the molecule is COc1cc2nc(C3CC3)nc(N3CCN(c4ccc(C#N)cc4Cl)CC3)c2cc1OC. The van der Waals surface area contributed by atoms with Crippen molar-refractivity contribution in [3.8, 4) is 17.6 Å². The van der Waals surface area contributed by atoms with Gasteiger partial charge >= 0.3 is 0 Å². The first kappa shape index (κ1) is 20.7. The van der Waals surface area contributed by atoms with Crippen molar-refractivity contribution < 1.29 is 9.47 Å². The minimum Gasteiger partial charge on any atom is -0.493 e. The molecule has 7 nitrogen and oxygen atoms in total. The van der Waals surface area contributed by atoms with E-state index in [-0.39, 0.29) is 0 Å². The lowest BCUT2D eigenvalue weighted by atomic mass is 10.1. The molecular formula is C24H24ClN5O2. The summed E-state index contributed by atoms with van der Waals surface area (Å²) in [5, 5.41) is 10.7. The maximum Gasteiger partial charge on any atom is 0.162 e. The zero-order chi connectivity index (χ0) is 22.2. The minimum atomic E-state index is 0.449. The van der Waals surface area contributed by atoms with Crippen LogP contribution in [-0.2, 0) is 0 Å². The predicted molar refractivity (Wildman–Crippen MR) is 125 cm³/mol. The summed E-state index contributed by atoms with van der Waals surface area (Å²) < 4.78 is 11.0. The van der Waals surface area contributed by atoms with Gasteiger partial charge in [-0.1, -0.05) is 11.6 Å². The van der Waals surface area contributed by atoms with E-state index in [1.54, 1.807) is 20.3 Å². The van der Waals surface area contributed by atoms with Crippen LogP contribution in [0.5, 0.6) is 11.5 Å². The lowest BCUT2D eigenvalue weighted by Gasteiger charge is -2.37. The molecule has 1 aromatic heterocycles. The highest BCUT2D eigenvalue weighted by Gasteiger charge is 2.30. The van der Waals surface area contributed by atoms with Crippen molar-refractivity contribution in [2.45, 2.75) is 18.8 Å². The largest absolute Gasteiger partial charge is 0.493 e. The van der Waals surface area contributed by atoms with E-state index >= 15 is 0 Å². The van der Waals surface area contributed by atoms with E-state index in [1.807, 2.05) is 24.3 Å². The lowest BCUT2D eigenvalue weighted by Crippen LogP contribution is -2.47. The Kier molecular flexibility index (Phi) is 5.40. The third-order valence-electron chi connectivity index (χ3n) is 6.14. The molecule has 0 N–H and O–H groups in total. The fraction of sp³-hybridized carbons (Fsp3) is 0.375. The Hall–Kier alpha value is -3.24. The van der Waals surface area contributed by atoms with E-state index in [2.05, 4.69) is 15.9 Å². The van der Waals surface area contributed by atoms with Gasteiger partial charge in [-0.2, -0.15) is 5.26 Å². The zero-order valence-corrected chi connectivity index (χ0v) is 18.9. The third-order valence-corrected chi connectivity index (χ3v) is 6.44. The number of ether oxygens (including phenoxy) is 2. The second-order valence-corrected chi connectivity index (χ2v) is 8.56. The average molecular weight is 450 g/mol. The Labute approximate surface area is 192 Å². The number of methoxy groups -OCH3 is 2. The molecule has 8 heteroatoms. The number of halogens is 1. The number of aromatic nitrogens is 2. The van der Waals surface area contributed by atoms with Crippen LogP contribution in [0.3, 0.4) is 0 Å². The number of benzene rings is 2. The molecule has 1 aliphatic heterocycles. The molecule has 32 heavy (non-hydrogen) atoms. The summed E-state index contributed by atoms with van der Waals surface area (Å²) in [5.74, 6) is 3.66. The Morgan fingerprint density at radius 1 is 0.969 bits per heavy atom. The summed E-state index contributed by atoms with van der Waals surface area (Å²) in [5.41, 5.74) is 2.41. The molecule has 0 amide bonds. The number of anilines is 2. The van der Waals surface area contributed by atoms with Crippen molar-refractivity contribution in [1.29, 1.82) is 5.26 Å². The topological polar surface area (TPSA) is 74.5 Å². The van der Waals surface area contributed by atoms with Crippen molar-refractivity contribution >= 4 is 34.0 Å². The number of hydrogen-bond donors (Lipinski definition) is 0. The summed E-state index contributed by atoms with van der Waals surface area (Å²) in [6.45, 7) is 3.23. The van der Waals surface area contributed by atoms with E-state index in [0.717, 1.165) is 67.3 Å². The molecular weight excluding hydrogens is 426 g/mol. The summed E-state index contributed by atoms with van der Waals surface area (Å²) in [6.07, 6.45) is 2.28. The summed E-state index contributed by atoms with van der Waals surface area (Å²) in [6, 6.07) is 11.5. The number of nitriles is 1. The number of rotatable bonds is 5. The van der Waals surface area contributed by atoms with E-state index in [4.69, 9.17) is 36.3 Å². The average Bonchev–Trinajstić information content (AvgIpc) is 3.68. The van der Waals surface area contributed by atoms with Gasteiger partial charge in [-0.3, -0.25) is 0 Å². The molecule has 1 aliphatic carbocycles. The minimum absolute atomic E-state index is 0.449. The Bertz CT molecular complexity index is 1210. The van der Waals surface area contributed by atoms with Crippen LogP contribution in [0, 0.1) is 11.3 Å². The monoisotopic (exact) mass is 449 g/mol. The number of nitrogens with zero attached hydrogens (tertiary/aromatic N) is 5. The quantitative estimate of drug-likeness (QED) is 0.572. The van der Waals surface area contributed by atoms with Crippen LogP contribution in [-0.4, -0.2) is 50.4 Å². The van der Waals surface area contributed by atoms with Gasteiger partial charge in [0.25, 0.3) is 0 Å². The van der Waals surface area contributed by atoms with Crippen LogP contribution in [0.4, 0.5) is 11.5 Å². The van der Waals surface area contributed by atoms with Crippen molar-refractivity contribution in [1.82, 2.24) is 9.97 Å². The van der Waals surface area contributed by atoms with E-state index in [0.29, 0.717) is 28.0 Å². The zero-order valence-electron chi connectivity index (χ0n) is 18.1. The molecule has 1 saturated carbocycles. The maximum atomic E-state index is 9.09. The molecule has 2 aromatic carbocycles. The van der Waals surface area contributed by atoms with Crippen molar-refractivity contribution in [3.05, 3.63) is 46.7 Å². The van der Waals surface area contributed by atoms with Gasteiger partial charge in [0.1, 0.15) is 11.6 Å². The molecule has 2 heterocycles. The number of fused-ring (bicyclic) bond motifs is 1. The van der Waals surface area contributed by atoms with Gasteiger partial charge in [-0.15, -0.1) is 0 Å². The van der Waals surface area contributed by atoms with E-state index in [9.17, 15) is 0 Å². The molecule has 1 saturated heterocycles. The summed E-state index contributed by atoms with van der Waals surface area (Å²) in [7, 11) is 3.28. The van der Waals surface area contributed by atoms with Gasteiger partial charge in [0.05, 0.1) is 42.1 Å². The van der Waals surface area contributed by atoms with Gasteiger partial charge in [0.15, 0.2) is 11.5 Å². The Balaban J connectivity index is 1.46. The Morgan fingerprint density at radius 3 is 2.28 bits per heavy atom. The fourth-order valence-corrected chi connectivity index (χ4v) is 4.51. The molecule has 164 valence electrons. The van der Waals surface area contributed by atoms with E-state index < -0.39 is 0 Å². The predicted octanol–water partition coefficient (Wildman–Crippen LogP) is 4.38. The van der Waals surface area contributed by atoms with Gasteiger partial charge in [-0.05, 0) is 37.1 Å². The van der Waals surface area contributed by atoms with Gasteiger partial charge in [-0.25, -0.2) is 9.97 Å². The van der Waals surface area contributed by atoms with Crippen molar-refractivity contribution in [3.63, 3.8) is 0 Å². The van der Waals surface area contributed by atoms with Gasteiger partial charge < -0.3 is 19.3 Å². The number of piperazine rings is 1. The fourth-order valence-electron chi connectivity index (χ4n) is 4.21. The molecule has 5 rings (SSSR count). The maximum absolute atomic E-state index is 9.09. The van der Waals surface area contributed by atoms with Crippen LogP contribution in [0.25, 0.3) is 10.9 Å². The van der Waals surface area contributed by atoms with Crippen LogP contribution >= 0.6 is 11.6 Å². The highest BCUT2D eigenvalue weighted by molar-refractivity contribution is 6.33. The van der Waals surface area contributed by atoms with E-state index in [1.165, 1.54) is 0 Å². The first-order chi connectivity index (χ1) is 15.6. The second-order valence-electron chi connectivity index (χ2n) is 8.16. The molecule has 0 radical (unpaired) electrons. The van der Waals surface area contributed by atoms with Gasteiger partial charge in [0, 0.05) is 43.5 Å². The molecule has 0 unspecified atom stereocenters. The first-order valence-corrected chi connectivity index (χ1v) is 11.1. The molecule has 0 spiro atoms. The molecule has 0 atom stereocenters. The molecule has 2 fully saturated rings. The lowest BCUT2D eigenvalue weighted by molar-refractivity contribution is 0.355.